The van der Waals surface area contributed by atoms with E-state index in [1.54, 1.807) is 39.8 Å². The molecule has 0 aliphatic heterocycles. The number of carboxylic acid groups (broad SMARTS) is 1. The number of aryl methyl sites for hydroxylation is 2. The van der Waals surface area contributed by atoms with Crippen LogP contribution in [0.25, 0.3) is 11.0 Å². The Kier molecular flexibility index (Phi) is 7.20. The number of carboxylic acids is 1. The molecule has 2 rings (SSSR count). The third kappa shape index (κ3) is 5.16. The third-order valence-corrected chi connectivity index (χ3v) is 4.88. The van der Waals surface area contributed by atoms with Gasteiger partial charge >= 0.3 is 11.6 Å². The zero-order valence-electron chi connectivity index (χ0n) is 17.6. The van der Waals surface area contributed by atoms with Gasteiger partial charge in [-0.1, -0.05) is 13.8 Å². The van der Waals surface area contributed by atoms with E-state index in [-0.39, 0.29) is 19.1 Å². The van der Waals surface area contributed by atoms with Crippen molar-refractivity contribution in [2.75, 3.05) is 13.2 Å². The van der Waals surface area contributed by atoms with Crippen LogP contribution in [0.1, 0.15) is 30.5 Å². The number of fused-ring (bicyclic) bond motifs is 1. The fourth-order valence-electron chi connectivity index (χ4n) is 2.89. The Morgan fingerprint density at radius 3 is 2.33 bits per heavy atom. The molecule has 1 atom stereocenters. The number of carbonyl (C=O) groups is 3. The summed E-state index contributed by atoms with van der Waals surface area (Å²) in [5.74, 6) is -2.23. The Morgan fingerprint density at radius 1 is 1.07 bits per heavy atom. The second-order valence-electron chi connectivity index (χ2n) is 7.40. The standard InChI is InChI=1S/C21H26N2O7/c1-10(2)18(20(26)27)23-16(24)8-22-17(25)9-29-15-7-6-14-11(3)12(4)21(28)30-19(14)13(15)5/h6-7,10,18H,8-9H2,1-5H3,(H,22,25)(H,23,24)(H,26,27)/t18-/m0/s1. The molecule has 0 bridgehead atoms. The van der Waals surface area contributed by atoms with E-state index in [1.807, 2.05) is 6.92 Å². The first-order valence-corrected chi connectivity index (χ1v) is 9.48. The van der Waals surface area contributed by atoms with Gasteiger partial charge in [-0.3, -0.25) is 9.59 Å². The number of rotatable bonds is 8. The van der Waals surface area contributed by atoms with Crippen LogP contribution in [0.4, 0.5) is 0 Å². The molecule has 1 aromatic carbocycles. The SMILES string of the molecule is Cc1c(C)c2ccc(OCC(=O)NCC(=O)N[C@H](C(=O)O)C(C)C)c(C)c2oc1=O. The highest BCUT2D eigenvalue weighted by Crippen LogP contribution is 2.29. The number of aliphatic carboxylic acids is 1. The average Bonchev–Trinajstić information content (AvgIpc) is 2.68. The van der Waals surface area contributed by atoms with Crippen LogP contribution >= 0.6 is 0 Å². The van der Waals surface area contributed by atoms with Crippen LogP contribution in [0, 0.1) is 26.7 Å². The Labute approximate surface area is 173 Å². The molecule has 0 saturated heterocycles. The van der Waals surface area contributed by atoms with Gasteiger partial charge in [-0.2, -0.15) is 0 Å². The lowest BCUT2D eigenvalue weighted by Gasteiger charge is -2.18. The third-order valence-electron chi connectivity index (χ3n) is 4.88. The zero-order chi connectivity index (χ0) is 22.6. The Balaban J connectivity index is 1.98. The zero-order valence-corrected chi connectivity index (χ0v) is 17.6. The van der Waals surface area contributed by atoms with Crippen molar-refractivity contribution in [1.82, 2.24) is 10.6 Å². The van der Waals surface area contributed by atoms with Gasteiger partial charge in [-0.05, 0) is 44.4 Å². The maximum Gasteiger partial charge on any atom is 0.339 e. The van der Waals surface area contributed by atoms with Crippen LogP contribution in [0.15, 0.2) is 21.3 Å². The van der Waals surface area contributed by atoms with Crippen LogP contribution < -0.4 is 21.0 Å². The topological polar surface area (TPSA) is 135 Å². The highest BCUT2D eigenvalue weighted by molar-refractivity contribution is 5.88. The van der Waals surface area contributed by atoms with Gasteiger partial charge in [-0.15, -0.1) is 0 Å². The van der Waals surface area contributed by atoms with E-state index in [0.717, 1.165) is 10.9 Å². The van der Waals surface area contributed by atoms with Crippen LogP contribution in [-0.2, 0) is 14.4 Å². The molecule has 2 amide bonds. The minimum Gasteiger partial charge on any atom is -0.483 e. The van der Waals surface area contributed by atoms with Gasteiger partial charge < -0.3 is 24.9 Å². The number of hydrogen-bond donors (Lipinski definition) is 3. The first kappa shape index (κ1) is 22.9. The van der Waals surface area contributed by atoms with Gasteiger partial charge in [0.05, 0.1) is 6.54 Å². The number of amides is 2. The van der Waals surface area contributed by atoms with Gasteiger partial charge in [0.15, 0.2) is 6.61 Å². The highest BCUT2D eigenvalue weighted by Gasteiger charge is 2.23. The van der Waals surface area contributed by atoms with Crippen LogP contribution in [0.3, 0.4) is 0 Å². The Morgan fingerprint density at radius 2 is 1.73 bits per heavy atom. The second kappa shape index (κ2) is 9.43. The number of nitrogens with one attached hydrogen (secondary N) is 2. The minimum absolute atomic E-state index is 0.297. The van der Waals surface area contributed by atoms with E-state index in [2.05, 4.69) is 10.6 Å². The molecule has 9 nitrogen and oxygen atoms in total. The molecule has 0 radical (unpaired) electrons. The fraction of sp³-hybridized carbons (Fsp3) is 0.429. The summed E-state index contributed by atoms with van der Waals surface area (Å²) in [7, 11) is 0. The van der Waals surface area contributed by atoms with E-state index >= 15 is 0 Å². The summed E-state index contributed by atoms with van der Waals surface area (Å²) >= 11 is 0. The maximum atomic E-state index is 12.0. The van der Waals surface area contributed by atoms with Crippen molar-refractivity contribution in [3.05, 3.63) is 39.2 Å². The summed E-state index contributed by atoms with van der Waals surface area (Å²) in [6.45, 7) is 7.86. The number of ether oxygens (including phenoxy) is 1. The molecule has 2 aromatic rings. The van der Waals surface area contributed by atoms with Crippen LogP contribution in [0.2, 0.25) is 0 Å². The largest absolute Gasteiger partial charge is 0.483 e. The summed E-state index contributed by atoms with van der Waals surface area (Å²) in [4.78, 5) is 46.9. The fourth-order valence-corrected chi connectivity index (χ4v) is 2.89. The van der Waals surface area contributed by atoms with Crippen LogP contribution in [0.5, 0.6) is 5.75 Å². The minimum atomic E-state index is -1.14. The van der Waals surface area contributed by atoms with Gasteiger partial charge in [0.25, 0.3) is 5.91 Å². The molecule has 0 saturated carbocycles. The van der Waals surface area contributed by atoms with Crippen molar-refractivity contribution < 1.29 is 28.6 Å². The van der Waals surface area contributed by atoms with Crippen molar-refractivity contribution >= 4 is 28.8 Å². The van der Waals surface area contributed by atoms with Crippen molar-refractivity contribution in [1.29, 1.82) is 0 Å². The molecular weight excluding hydrogens is 392 g/mol. The molecule has 162 valence electrons. The van der Waals surface area contributed by atoms with E-state index in [0.29, 0.717) is 22.5 Å². The molecule has 0 aliphatic rings. The maximum absolute atomic E-state index is 12.0. The lowest BCUT2D eigenvalue weighted by Crippen LogP contribution is -2.48. The molecule has 1 heterocycles. The molecule has 1 aromatic heterocycles. The Hall–Kier alpha value is -3.36. The first-order valence-electron chi connectivity index (χ1n) is 9.48. The monoisotopic (exact) mass is 418 g/mol. The molecule has 0 spiro atoms. The van der Waals surface area contributed by atoms with Crippen molar-refractivity contribution in [2.45, 2.75) is 40.7 Å². The molecule has 0 fully saturated rings. The normalized spacial score (nSPS) is 11.9. The van der Waals surface area contributed by atoms with Gasteiger partial charge in [0.1, 0.15) is 17.4 Å². The van der Waals surface area contributed by atoms with Crippen molar-refractivity contribution in [2.24, 2.45) is 5.92 Å². The first-order chi connectivity index (χ1) is 14.0. The van der Waals surface area contributed by atoms with Gasteiger partial charge in [0, 0.05) is 16.5 Å². The number of benzene rings is 1. The van der Waals surface area contributed by atoms with E-state index in [1.165, 1.54) is 0 Å². The average molecular weight is 418 g/mol. The summed E-state index contributed by atoms with van der Waals surface area (Å²) in [6.07, 6.45) is 0. The summed E-state index contributed by atoms with van der Waals surface area (Å²) in [6, 6.07) is 2.41. The van der Waals surface area contributed by atoms with Crippen LogP contribution in [-0.4, -0.2) is 42.1 Å². The summed E-state index contributed by atoms with van der Waals surface area (Å²) in [5, 5.41) is 14.6. The quantitative estimate of drug-likeness (QED) is 0.552. The molecule has 9 heteroatoms. The molecule has 0 aliphatic carbocycles. The van der Waals surface area contributed by atoms with E-state index in [4.69, 9.17) is 14.3 Å². The van der Waals surface area contributed by atoms with E-state index in [9.17, 15) is 19.2 Å². The number of carbonyl (C=O) groups excluding carboxylic acids is 2. The van der Waals surface area contributed by atoms with Crippen molar-refractivity contribution in [3.63, 3.8) is 0 Å². The second-order valence-corrected chi connectivity index (χ2v) is 7.40. The highest BCUT2D eigenvalue weighted by atomic mass is 16.5. The smallest absolute Gasteiger partial charge is 0.339 e. The van der Waals surface area contributed by atoms with Crippen molar-refractivity contribution in [3.8, 4) is 5.75 Å². The summed E-state index contributed by atoms with van der Waals surface area (Å²) in [5.41, 5.74) is 1.91. The molecular formula is C21H26N2O7. The molecule has 0 unspecified atom stereocenters. The lowest BCUT2D eigenvalue weighted by molar-refractivity contribution is -0.143. The molecule has 3 N–H and O–H groups in total. The van der Waals surface area contributed by atoms with Gasteiger partial charge in [0.2, 0.25) is 5.91 Å². The predicted molar refractivity (Wildman–Crippen MR) is 110 cm³/mol. The van der Waals surface area contributed by atoms with Gasteiger partial charge in [-0.25, -0.2) is 9.59 Å². The Bertz CT molecular complexity index is 1040. The van der Waals surface area contributed by atoms with E-state index < -0.39 is 29.5 Å². The predicted octanol–water partition coefficient (Wildman–Crippen LogP) is 1.44. The summed E-state index contributed by atoms with van der Waals surface area (Å²) < 4.78 is 10.9. The lowest BCUT2D eigenvalue weighted by atomic mass is 10.0. The number of hydrogen-bond acceptors (Lipinski definition) is 6. The molecule has 30 heavy (non-hydrogen) atoms.